The Morgan fingerprint density at radius 2 is 1.58 bits per heavy atom. The number of hydrogen-bond acceptors (Lipinski definition) is 5. The molecule has 2 N–H and O–H groups in total. The number of aldehydes is 1. The largest absolute Gasteiger partial charge is 0.478 e. The van der Waals surface area contributed by atoms with Crippen LogP contribution in [0.1, 0.15) is 102 Å². The van der Waals surface area contributed by atoms with E-state index in [1.165, 1.54) is 5.69 Å². The number of para-hydroxylation sites is 1. The van der Waals surface area contributed by atoms with Crippen molar-refractivity contribution in [1.29, 1.82) is 0 Å². The molecule has 1 aliphatic carbocycles. The number of nitrogens with zero attached hydrogens (tertiary/aromatic N) is 3. The maximum atomic E-state index is 12.6. The number of hydrogen-bond donors (Lipinski definition) is 2. The smallest absolute Gasteiger partial charge is 0.335 e. The third-order valence-corrected chi connectivity index (χ3v) is 9.38. The average molecular weight is 589 g/mol. The summed E-state index contributed by atoms with van der Waals surface area (Å²) in [5.41, 5.74) is 2.35. The van der Waals surface area contributed by atoms with Crippen LogP contribution in [0.4, 0.5) is 5.69 Å². The Morgan fingerprint density at radius 1 is 0.977 bits per heavy atom. The fourth-order valence-electron chi connectivity index (χ4n) is 6.56. The summed E-state index contributed by atoms with van der Waals surface area (Å²) in [5, 5.41) is 13.5. The summed E-state index contributed by atoms with van der Waals surface area (Å²) in [6.45, 7) is 16.9. The molecule has 0 unspecified atom stereocenters. The molecule has 1 saturated heterocycles. The minimum absolute atomic E-state index is 0.0140. The topological polar surface area (TPSA) is 85.2 Å². The van der Waals surface area contributed by atoms with Gasteiger partial charge >= 0.3 is 5.97 Å². The first kappa shape index (κ1) is 32.7. The molecular weight excluding hydrogens is 536 g/mol. The SMILES string of the molecule is CC(C)(C)CC[C@@H](NC1(/N=C(\C=O)N2CCN(c3ccccc3)CC2)CCC(C(C)(C)C)CC1)c1ccc(C(=O)O)cc1. The van der Waals surface area contributed by atoms with Crippen molar-refractivity contribution in [3.63, 3.8) is 0 Å². The normalized spacial score (nSPS) is 22.7. The quantitative estimate of drug-likeness (QED) is 0.183. The van der Waals surface area contributed by atoms with Gasteiger partial charge in [0.25, 0.3) is 0 Å². The van der Waals surface area contributed by atoms with E-state index < -0.39 is 11.6 Å². The zero-order chi connectivity index (χ0) is 31.3. The van der Waals surface area contributed by atoms with E-state index in [1.807, 2.05) is 18.2 Å². The van der Waals surface area contributed by atoms with Crippen LogP contribution in [0.2, 0.25) is 0 Å². The number of carboxylic acid groups (broad SMARTS) is 1. The third-order valence-electron chi connectivity index (χ3n) is 9.38. The molecule has 234 valence electrons. The lowest BCUT2D eigenvalue weighted by Crippen LogP contribution is -2.53. The summed E-state index contributed by atoms with van der Waals surface area (Å²) >= 11 is 0. The molecule has 0 bridgehead atoms. The number of amidine groups is 1. The van der Waals surface area contributed by atoms with Crippen LogP contribution in [0.25, 0.3) is 0 Å². The zero-order valence-electron chi connectivity index (χ0n) is 27.1. The van der Waals surface area contributed by atoms with Crippen LogP contribution in [-0.4, -0.2) is 59.9 Å². The highest BCUT2D eigenvalue weighted by atomic mass is 16.4. The molecule has 1 heterocycles. The van der Waals surface area contributed by atoms with Gasteiger partial charge in [0.15, 0.2) is 12.1 Å². The molecule has 43 heavy (non-hydrogen) atoms. The molecule has 7 nitrogen and oxygen atoms in total. The van der Waals surface area contributed by atoms with Crippen LogP contribution in [0.3, 0.4) is 0 Å². The predicted octanol–water partition coefficient (Wildman–Crippen LogP) is 7.19. The van der Waals surface area contributed by atoms with Gasteiger partial charge < -0.3 is 14.9 Å². The van der Waals surface area contributed by atoms with Crippen LogP contribution >= 0.6 is 0 Å². The monoisotopic (exact) mass is 588 g/mol. The Hall–Kier alpha value is -3.19. The van der Waals surface area contributed by atoms with Crippen molar-refractivity contribution in [1.82, 2.24) is 10.2 Å². The minimum Gasteiger partial charge on any atom is -0.478 e. The number of aliphatic imine (C=N–C) groups is 1. The Labute approximate surface area is 258 Å². The van der Waals surface area contributed by atoms with Gasteiger partial charge in [-0.25, -0.2) is 9.79 Å². The molecule has 0 amide bonds. The lowest BCUT2D eigenvalue weighted by molar-refractivity contribution is -0.103. The maximum Gasteiger partial charge on any atom is 0.335 e. The number of aromatic carboxylic acids is 1. The first-order valence-corrected chi connectivity index (χ1v) is 16.0. The zero-order valence-corrected chi connectivity index (χ0v) is 27.1. The van der Waals surface area contributed by atoms with Gasteiger partial charge in [0.2, 0.25) is 0 Å². The highest BCUT2D eigenvalue weighted by Crippen LogP contribution is 2.43. The Balaban J connectivity index is 1.62. The van der Waals surface area contributed by atoms with E-state index in [1.54, 1.807) is 12.1 Å². The number of nitrogens with one attached hydrogen (secondary N) is 1. The van der Waals surface area contributed by atoms with Gasteiger partial charge in [-0.15, -0.1) is 0 Å². The Bertz CT molecular complexity index is 1230. The number of piperazine rings is 1. The van der Waals surface area contributed by atoms with E-state index in [4.69, 9.17) is 4.99 Å². The highest BCUT2D eigenvalue weighted by Gasteiger charge is 2.41. The number of benzene rings is 2. The van der Waals surface area contributed by atoms with Crippen LogP contribution in [-0.2, 0) is 4.79 Å². The first-order valence-electron chi connectivity index (χ1n) is 16.0. The van der Waals surface area contributed by atoms with Gasteiger partial charge in [0.1, 0.15) is 5.66 Å². The van der Waals surface area contributed by atoms with Gasteiger partial charge in [0, 0.05) is 37.9 Å². The summed E-state index contributed by atoms with van der Waals surface area (Å²) in [4.78, 5) is 34.0. The standard InChI is InChI=1S/C36H52N4O3/c1-34(2,3)19-18-31(27-12-14-28(15-13-27)33(42)43)37-36(20-16-29(17-21-36)35(4,5)6)38-32(26-41)40-24-22-39(23-25-40)30-10-8-7-9-11-30/h7-15,26,29,31,37H,16-25H2,1-6H3,(H,42,43)/b38-32+/t29?,31-,36?/m1/s1. The second-order valence-electron chi connectivity index (χ2n) is 14.8. The fourth-order valence-corrected chi connectivity index (χ4v) is 6.56. The molecule has 2 aromatic rings. The molecule has 2 aromatic carbocycles. The van der Waals surface area contributed by atoms with Crippen LogP contribution in [0.5, 0.6) is 0 Å². The second kappa shape index (κ2) is 13.6. The average Bonchev–Trinajstić information content (AvgIpc) is 2.98. The van der Waals surface area contributed by atoms with Crippen molar-refractivity contribution in [3.05, 3.63) is 65.7 Å². The van der Waals surface area contributed by atoms with Gasteiger partial charge in [-0.3, -0.25) is 10.1 Å². The molecule has 4 rings (SSSR count). The molecule has 0 spiro atoms. The Morgan fingerprint density at radius 3 is 2.09 bits per heavy atom. The summed E-state index contributed by atoms with van der Waals surface area (Å²) < 4.78 is 0. The number of rotatable bonds is 9. The molecule has 2 fully saturated rings. The molecule has 1 saturated carbocycles. The summed E-state index contributed by atoms with van der Waals surface area (Å²) in [5.74, 6) is 0.204. The van der Waals surface area contributed by atoms with Crippen LogP contribution in [0.15, 0.2) is 59.6 Å². The van der Waals surface area contributed by atoms with Crippen molar-refractivity contribution < 1.29 is 14.7 Å². The lowest BCUT2D eigenvalue weighted by Gasteiger charge is -2.45. The van der Waals surface area contributed by atoms with Crippen molar-refractivity contribution in [2.75, 3.05) is 31.1 Å². The molecule has 1 atom stereocenters. The van der Waals surface area contributed by atoms with Crippen molar-refractivity contribution >= 4 is 23.8 Å². The number of carbonyl (C=O) groups excluding carboxylic acids is 1. The summed E-state index contributed by atoms with van der Waals surface area (Å²) in [7, 11) is 0. The third kappa shape index (κ3) is 8.91. The predicted molar refractivity (Wildman–Crippen MR) is 176 cm³/mol. The number of anilines is 1. The van der Waals surface area contributed by atoms with Crippen molar-refractivity contribution in [3.8, 4) is 0 Å². The molecule has 1 aliphatic heterocycles. The Kier molecular flexibility index (Phi) is 10.4. The number of carbonyl (C=O) groups is 2. The van der Waals surface area contributed by atoms with Gasteiger partial charge in [-0.1, -0.05) is 71.9 Å². The van der Waals surface area contributed by atoms with Crippen LogP contribution < -0.4 is 10.2 Å². The van der Waals surface area contributed by atoms with Crippen molar-refractivity contribution in [2.24, 2.45) is 21.7 Å². The first-order chi connectivity index (χ1) is 20.3. The van der Waals surface area contributed by atoms with Gasteiger partial charge in [-0.05, 0) is 85.1 Å². The molecular formula is C36H52N4O3. The molecule has 2 aliphatic rings. The van der Waals surface area contributed by atoms with Crippen LogP contribution in [0, 0.1) is 16.7 Å². The molecule has 0 aromatic heterocycles. The van der Waals surface area contributed by atoms with E-state index in [0.29, 0.717) is 11.8 Å². The number of carboxylic acids is 1. The van der Waals surface area contributed by atoms with E-state index in [9.17, 15) is 14.7 Å². The highest BCUT2D eigenvalue weighted by molar-refractivity contribution is 6.27. The fraction of sp³-hybridized carbons (Fsp3) is 0.583. The van der Waals surface area contributed by atoms with Gasteiger partial charge in [0.05, 0.1) is 5.56 Å². The second-order valence-corrected chi connectivity index (χ2v) is 14.8. The van der Waals surface area contributed by atoms with E-state index in [0.717, 1.165) is 76.6 Å². The van der Waals surface area contributed by atoms with E-state index in [2.05, 4.69) is 80.9 Å². The maximum absolute atomic E-state index is 12.6. The van der Waals surface area contributed by atoms with E-state index in [-0.39, 0.29) is 22.4 Å². The van der Waals surface area contributed by atoms with Crippen molar-refractivity contribution in [2.45, 2.75) is 91.8 Å². The molecule has 0 radical (unpaired) electrons. The van der Waals surface area contributed by atoms with E-state index >= 15 is 0 Å². The van der Waals surface area contributed by atoms with Gasteiger partial charge in [-0.2, -0.15) is 0 Å². The minimum atomic E-state index is -0.921. The molecule has 7 heteroatoms. The summed E-state index contributed by atoms with van der Waals surface area (Å²) in [6.07, 6.45) is 6.63. The lowest BCUT2D eigenvalue weighted by atomic mass is 9.69. The summed E-state index contributed by atoms with van der Waals surface area (Å²) in [6, 6.07) is 17.7.